The van der Waals surface area contributed by atoms with Crippen molar-refractivity contribution in [3.05, 3.63) is 59.9 Å². The molecule has 0 aliphatic heterocycles. The Labute approximate surface area is 185 Å². The van der Waals surface area contributed by atoms with Gasteiger partial charge in [0.1, 0.15) is 0 Å². The molecular formula is C25H34N4O2. The van der Waals surface area contributed by atoms with Crippen LogP contribution in [-0.2, 0) is 11.3 Å². The maximum Gasteiger partial charge on any atom is 0.255 e. The molecule has 31 heavy (non-hydrogen) atoms. The smallest absolute Gasteiger partial charge is 0.255 e. The summed E-state index contributed by atoms with van der Waals surface area (Å²) in [5, 5.41) is 2.90. The molecule has 0 radical (unpaired) electrons. The van der Waals surface area contributed by atoms with Crippen molar-refractivity contribution in [1.82, 2.24) is 9.88 Å². The summed E-state index contributed by atoms with van der Waals surface area (Å²) in [6.07, 6.45) is 8.66. The topological polar surface area (TPSA) is 88.3 Å². The van der Waals surface area contributed by atoms with Gasteiger partial charge in [-0.3, -0.25) is 14.6 Å². The largest absolute Gasteiger partial charge is 0.338 e. The van der Waals surface area contributed by atoms with E-state index in [1.807, 2.05) is 29.2 Å². The Kier molecular flexibility index (Phi) is 7.80. The number of benzene rings is 1. The van der Waals surface area contributed by atoms with Gasteiger partial charge in [0, 0.05) is 42.7 Å². The molecule has 0 unspecified atom stereocenters. The van der Waals surface area contributed by atoms with Gasteiger partial charge in [-0.15, -0.1) is 0 Å². The monoisotopic (exact) mass is 422 g/mol. The zero-order valence-corrected chi connectivity index (χ0v) is 18.6. The Morgan fingerprint density at radius 1 is 1.06 bits per heavy atom. The van der Waals surface area contributed by atoms with Crippen molar-refractivity contribution in [3.8, 4) is 0 Å². The Morgan fingerprint density at radius 3 is 2.32 bits per heavy atom. The number of nitrogens with zero attached hydrogens (tertiary/aromatic N) is 2. The molecular weight excluding hydrogens is 388 g/mol. The lowest BCUT2D eigenvalue weighted by Gasteiger charge is -2.35. The van der Waals surface area contributed by atoms with Gasteiger partial charge in [-0.05, 0) is 54.6 Å². The maximum absolute atomic E-state index is 13.3. The van der Waals surface area contributed by atoms with E-state index in [1.165, 1.54) is 6.42 Å². The third-order valence-corrected chi connectivity index (χ3v) is 5.97. The number of aromatic nitrogens is 1. The van der Waals surface area contributed by atoms with Crippen LogP contribution in [-0.4, -0.2) is 34.8 Å². The van der Waals surface area contributed by atoms with E-state index in [9.17, 15) is 9.59 Å². The summed E-state index contributed by atoms with van der Waals surface area (Å²) in [4.78, 5) is 31.5. The molecule has 2 aromatic rings. The van der Waals surface area contributed by atoms with Gasteiger partial charge < -0.3 is 16.0 Å². The van der Waals surface area contributed by atoms with Crippen LogP contribution in [0.4, 0.5) is 5.69 Å². The first-order valence-corrected chi connectivity index (χ1v) is 11.2. The number of nitrogens with one attached hydrogen (secondary N) is 1. The van der Waals surface area contributed by atoms with Crippen LogP contribution in [0.25, 0.3) is 0 Å². The van der Waals surface area contributed by atoms with Crippen LogP contribution in [0.15, 0.2) is 48.8 Å². The third-order valence-electron chi connectivity index (χ3n) is 5.97. The average molecular weight is 423 g/mol. The fourth-order valence-electron chi connectivity index (χ4n) is 4.02. The number of nitrogens with two attached hydrogens (primary N) is 1. The van der Waals surface area contributed by atoms with Crippen molar-refractivity contribution in [2.45, 2.75) is 52.5 Å². The third kappa shape index (κ3) is 6.62. The summed E-state index contributed by atoms with van der Waals surface area (Å²) >= 11 is 0. The summed E-state index contributed by atoms with van der Waals surface area (Å²) < 4.78 is 0. The van der Waals surface area contributed by atoms with E-state index in [-0.39, 0.29) is 23.1 Å². The first-order chi connectivity index (χ1) is 14.9. The number of pyridine rings is 1. The lowest BCUT2D eigenvalue weighted by Crippen LogP contribution is -2.44. The van der Waals surface area contributed by atoms with Gasteiger partial charge in [-0.2, -0.15) is 0 Å². The molecule has 0 atom stereocenters. The molecule has 0 bridgehead atoms. The summed E-state index contributed by atoms with van der Waals surface area (Å²) in [6, 6.07) is 11.1. The second kappa shape index (κ2) is 10.5. The van der Waals surface area contributed by atoms with Crippen molar-refractivity contribution in [2.24, 2.45) is 17.1 Å². The first-order valence-electron chi connectivity index (χ1n) is 11.2. The average Bonchev–Trinajstić information content (AvgIpc) is 2.80. The molecule has 166 valence electrons. The van der Waals surface area contributed by atoms with Gasteiger partial charge in [-0.1, -0.05) is 45.2 Å². The highest BCUT2D eigenvalue weighted by molar-refractivity contribution is 6.04. The lowest BCUT2D eigenvalue weighted by atomic mass is 9.87. The van der Waals surface area contributed by atoms with E-state index in [0.717, 1.165) is 36.9 Å². The van der Waals surface area contributed by atoms with Crippen LogP contribution in [0.3, 0.4) is 0 Å². The van der Waals surface area contributed by atoms with Gasteiger partial charge in [0.25, 0.3) is 5.91 Å². The second-order valence-electron chi connectivity index (χ2n) is 9.28. The summed E-state index contributed by atoms with van der Waals surface area (Å²) in [5.74, 6) is 0.200. The van der Waals surface area contributed by atoms with Gasteiger partial charge >= 0.3 is 0 Å². The van der Waals surface area contributed by atoms with Crippen molar-refractivity contribution < 1.29 is 9.59 Å². The molecule has 1 heterocycles. The van der Waals surface area contributed by atoms with Gasteiger partial charge in [0.15, 0.2) is 0 Å². The second-order valence-corrected chi connectivity index (χ2v) is 9.28. The molecule has 1 saturated carbocycles. The zero-order chi connectivity index (χ0) is 22.3. The maximum atomic E-state index is 13.3. The number of anilines is 1. The highest BCUT2D eigenvalue weighted by Crippen LogP contribution is 2.28. The normalized spacial score (nSPS) is 14.8. The summed E-state index contributed by atoms with van der Waals surface area (Å²) in [5.41, 5.74) is 8.15. The van der Waals surface area contributed by atoms with Crippen molar-refractivity contribution >= 4 is 17.5 Å². The van der Waals surface area contributed by atoms with Crippen LogP contribution < -0.4 is 11.1 Å². The van der Waals surface area contributed by atoms with Crippen LogP contribution >= 0.6 is 0 Å². The Balaban J connectivity index is 1.68. The van der Waals surface area contributed by atoms with Gasteiger partial charge in [0.05, 0.1) is 0 Å². The quantitative estimate of drug-likeness (QED) is 0.666. The fourth-order valence-corrected chi connectivity index (χ4v) is 4.02. The molecule has 6 heteroatoms. The minimum absolute atomic E-state index is 0.126. The number of hydrogen-bond donors (Lipinski definition) is 2. The Hall–Kier alpha value is -2.73. The van der Waals surface area contributed by atoms with E-state index >= 15 is 0 Å². The predicted octanol–water partition coefficient (Wildman–Crippen LogP) is 4.23. The standard InChI is InChI=1S/C25H34N4O2/c1-25(2,17-26)18-29(24(31)21-6-4-3-5-7-21)16-19-8-10-22(11-9-19)28-23(30)20-12-14-27-15-13-20/h8-15,21H,3-7,16-18,26H2,1-2H3,(H,28,30). The number of amides is 2. The van der Waals surface area contributed by atoms with Gasteiger partial charge in [-0.25, -0.2) is 0 Å². The molecule has 1 aliphatic carbocycles. The highest BCUT2D eigenvalue weighted by Gasteiger charge is 2.29. The van der Waals surface area contributed by atoms with Crippen LogP contribution in [0.1, 0.15) is 61.9 Å². The zero-order valence-electron chi connectivity index (χ0n) is 18.6. The van der Waals surface area contributed by atoms with E-state index in [4.69, 9.17) is 5.73 Å². The van der Waals surface area contributed by atoms with E-state index in [0.29, 0.717) is 25.2 Å². The van der Waals surface area contributed by atoms with Crippen LogP contribution in [0, 0.1) is 11.3 Å². The molecule has 1 aliphatic rings. The lowest BCUT2D eigenvalue weighted by molar-refractivity contribution is -0.138. The fraction of sp³-hybridized carbons (Fsp3) is 0.480. The van der Waals surface area contributed by atoms with Crippen molar-refractivity contribution in [3.63, 3.8) is 0 Å². The molecule has 1 aromatic carbocycles. The first kappa shape index (κ1) is 22.9. The van der Waals surface area contributed by atoms with Gasteiger partial charge in [0.2, 0.25) is 5.91 Å². The van der Waals surface area contributed by atoms with E-state index in [1.54, 1.807) is 24.5 Å². The number of hydrogen-bond acceptors (Lipinski definition) is 4. The summed E-state index contributed by atoms with van der Waals surface area (Å²) in [7, 11) is 0. The van der Waals surface area contributed by atoms with E-state index < -0.39 is 0 Å². The molecule has 6 nitrogen and oxygen atoms in total. The number of rotatable bonds is 8. The molecule has 2 amide bonds. The Morgan fingerprint density at radius 2 is 1.71 bits per heavy atom. The van der Waals surface area contributed by atoms with Crippen LogP contribution in [0.2, 0.25) is 0 Å². The minimum atomic E-state index is -0.172. The van der Waals surface area contributed by atoms with Crippen molar-refractivity contribution in [2.75, 3.05) is 18.4 Å². The molecule has 0 saturated heterocycles. The molecule has 3 rings (SSSR count). The molecule has 1 aromatic heterocycles. The van der Waals surface area contributed by atoms with Crippen LogP contribution in [0.5, 0.6) is 0 Å². The number of carbonyl (C=O) groups is 2. The molecule has 0 spiro atoms. The molecule has 1 fully saturated rings. The minimum Gasteiger partial charge on any atom is -0.338 e. The molecule has 3 N–H and O–H groups in total. The summed E-state index contributed by atoms with van der Waals surface area (Å²) in [6.45, 7) is 5.93. The van der Waals surface area contributed by atoms with Crippen molar-refractivity contribution in [1.29, 1.82) is 0 Å². The SMILES string of the molecule is CC(C)(CN)CN(Cc1ccc(NC(=O)c2ccncc2)cc1)C(=O)C1CCCCC1. The Bertz CT molecular complexity index is 859. The van der Waals surface area contributed by atoms with E-state index in [2.05, 4.69) is 24.1 Å². The highest BCUT2D eigenvalue weighted by atomic mass is 16.2. The predicted molar refractivity (Wildman–Crippen MR) is 123 cm³/mol. The number of carbonyl (C=O) groups excluding carboxylic acids is 2.